The van der Waals surface area contributed by atoms with Gasteiger partial charge in [-0.3, -0.25) is 0 Å². The molecule has 6 heteroatoms. The number of allylic oxidation sites excluding steroid dienone is 1. The first-order valence-corrected chi connectivity index (χ1v) is 5.01. The van der Waals surface area contributed by atoms with Crippen LogP contribution in [0.25, 0.3) is 11.2 Å². The van der Waals surface area contributed by atoms with Crippen LogP contribution in [0.2, 0.25) is 0 Å². The van der Waals surface area contributed by atoms with Crippen LogP contribution in [0.4, 0.5) is 5.95 Å². The monoisotopic (exact) mass is 219 g/mol. The lowest BCUT2D eigenvalue weighted by molar-refractivity contribution is 0.304. The SMILES string of the molecule is C=CCCCOc1nc(N)nc2nc[nH]c12. The van der Waals surface area contributed by atoms with Crippen molar-refractivity contribution in [2.24, 2.45) is 0 Å². The number of imidazole rings is 1. The molecule has 0 aliphatic rings. The maximum atomic E-state index is 5.54. The molecule has 2 aromatic rings. The smallest absolute Gasteiger partial charge is 0.245 e. The molecule has 0 saturated heterocycles. The third-order valence-corrected chi connectivity index (χ3v) is 2.06. The van der Waals surface area contributed by atoms with Crippen LogP contribution in [0.1, 0.15) is 12.8 Å². The van der Waals surface area contributed by atoms with Gasteiger partial charge in [0.1, 0.15) is 5.52 Å². The molecule has 0 spiro atoms. The Morgan fingerprint density at radius 2 is 2.38 bits per heavy atom. The lowest BCUT2D eigenvalue weighted by Crippen LogP contribution is -2.03. The van der Waals surface area contributed by atoms with Crippen molar-refractivity contribution in [1.82, 2.24) is 19.9 Å². The van der Waals surface area contributed by atoms with E-state index in [4.69, 9.17) is 10.5 Å². The van der Waals surface area contributed by atoms with Gasteiger partial charge in [-0.05, 0) is 12.8 Å². The number of ether oxygens (including phenoxy) is 1. The fraction of sp³-hybridized carbons (Fsp3) is 0.300. The van der Waals surface area contributed by atoms with Crippen molar-refractivity contribution in [1.29, 1.82) is 0 Å². The summed E-state index contributed by atoms with van der Waals surface area (Å²) in [4.78, 5) is 14.9. The largest absolute Gasteiger partial charge is 0.476 e. The van der Waals surface area contributed by atoms with E-state index in [2.05, 4.69) is 26.5 Å². The minimum Gasteiger partial charge on any atom is -0.476 e. The number of nitrogens with two attached hydrogens (primary N) is 1. The van der Waals surface area contributed by atoms with Crippen LogP contribution in [-0.4, -0.2) is 26.5 Å². The van der Waals surface area contributed by atoms with Gasteiger partial charge in [0.25, 0.3) is 0 Å². The first-order chi connectivity index (χ1) is 7.81. The summed E-state index contributed by atoms with van der Waals surface area (Å²) in [6.07, 6.45) is 5.19. The molecular formula is C10H13N5O. The second kappa shape index (κ2) is 4.61. The molecule has 0 aliphatic carbocycles. The maximum Gasteiger partial charge on any atom is 0.245 e. The van der Waals surface area contributed by atoms with E-state index in [1.54, 1.807) is 0 Å². The number of nitrogen functional groups attached to an aromatic ring is 1. The summed E-state index contributed by atoms with van der Waals surface area (Å²) < 4.78 is 5.51. The Bertz CT molecular complexity index is 493. The van der Waals surface area contributed by atoms with Gasteiger partial charge in [0.15, 0.2) is 5.65 Å². The molecule has 2 rings (SSSR count). The van der Waals surface area contributed by atoms with Crippen molar-refractivity contribution >= 4 is 17.1 Å². The van der Waals surface area contributed by atoms with Crippen LogP contribution in [0.15, 0.2) is 19.0 Å². The molecule has 6 nitrogen and oxygen atoms in total. The van der Waals surface area contributed by atoms with Crippen LogP contribution in [0.3, 0.4) is 0 Å². The number of unbranched alkanes of at least 4 members (excludes halogenated alkanes) is 1. The highest BCUT2D eigenvalue weighted by Crippen LogP contribution is 2.19. The van der Waals surface area contributed by atoms with Gasteiger partial charge in [0, 0.05) is 0 Å². The van der Waals surface area contributed by atoms with E-state index in [9.17, 15) is 0 Å². The Kier molecular flexibility index (Phi) is 3.00. The topological polar surface area (TPSA) is 89.7 Å². The summed E-state index contributed by atoms with van der Waals surface area (Å²) in [6.45, 7) is 4.21. The summed E-state index contributed by atoms with van der Waals surface area (Å²) in [5, 5.41) is 0. The predicted molar refractivity (Wildman–Crippen MR) is 61.0 cm³/mol. The van der Waals surface area contributed by atoms with E-state index in [1.807, 2.05) is 6.08 Å². The van der Waals surface area contributed by atoms with Crippen molar-refractivity contribution in [2.75, 3.05) is 12.3 Å². The number of rotatable bonds is 5. The molecular weight excluding hydrogens is 206 g/mol. The van der Waals surface area contributed by atoms with Gasteiger partial charge in [0.05, 0.1) is 12.9 Å². The number of aromatic amines is 1. The Morgan fingerprint density at radius 1 is 1.50 bits per heavy atom. The average molecular weight is 219 g/mol. The lowest BCUT2D eigenvalue weighted by atomic mass is 10.3. The van der Waals surface area contributed by atoms with Crippen molar-refractivity contribution in [3.05, 3.63) is 19.0 Å². The quantitative estimate of drug-likeness (QED) is 0.584. The number of nitrogens with one attached hydrogen (secondary N) is 1. The molecule has 0 fully saturated rings. The van der Waals surface area contributed by atoms with Crippen LogP contribution in [0.5, 0.6) is 5.88 Å². The van der Waals surface area contributed by atoms with Crippen molar-refractivity contribution in [2.45, 2.75) is 12.8 Å². The molecule has 2 heterocycles. The normalized spacial score (nSPS) is 10.5. The predicted octanol–water partition coefficient (Wildman–Crippen LogP) is 1.28. The van der Waals surface area contributed by atoms with Gasteiger partial charge in [-0.1, -0.05) is 6.08 Å². The van der Waals surface area contributed by atoms with Gasteiger partial charge in [-0.2, -0.15) is 9.97 Å². The van der Waals surface area contributed by atoms with Gasteiger partial charge in [0.2, 0.25) is 11.8 Å². The Labute approximate surface area is 92.6 Å². The second-order valence-corrected chi connectivity index (χ2v) is 3.27. The number of nitrogens with zero attached hydrogens (tertiary/aromatic N) is 3. The highest BCUT2D eigenvalue weighted by molar-refractivity contribution is 5.76. The molecule has 0 aromatic carbocycles. The summed E-state index contributed by atoms with van der Waals surface area (Å²) in [7, 11) is 0. The zero-order valence-corrected chi connectivity index (χ0v) is 8.81. The first kappa shape index (κ1) is 10.4. The van der Waals surface area contributed by atoms with E-state index in [-0.39, 0.29) is 5.95 Å². The van der Waals surface area contributed by atoms with Gasteiger partial charge in [-0.15, -0.1) is 6.58 Å². The van der Waals surface area contributed by atoms with E-state index in [0.29, 0.717) is 23.7 Å². The number of fused-ring (bicyclic) bond motifs is 1. The number of hydrogen-bond donors (Lipinski definition) is 2. The van der Waals surface area contributed by atoms with Crippen LogP contribution >= 0.6 is 0 Å². The highest BCUT2D eigenvalue weighted by atomic mass is 16.5. The third kappa shape index (κ3) is 2.10. The molecule has 2 aromatic heterocycles. The van der Waals surface area contributed by atoms with E-state index < -0.39 is 0 Å². The molecule has 0 saturated carbocycles. The van der Waals surface area contributed by atoms with Gasteiger partial charge >= 0.3 is 0 Å². The molecule has 16 heavy (non-hydrogen) atoms. The minimum atomic E-state index is 0.165. The van der Waals surface area contributed by atoms with Crippen molar-refractivity contribution in [3.8, 4) is 5.88 Å². The highest BCUT2D eigenvalue weighted by Gasteiger charge is 2.08. The summed E-state index contributed by atoms with van der Waals surface area (Å²) >= 11 is 0. The van der Waals surface area contributed by atoms with Crippen LogP contribution in [-0.2, 0) is 0 Å². The van der Waals surface area contributed by atoms with Gasteiger partial charge in [-0.25, -0.2) is 4.98 Å². The zero-order chi connectivity index (χ0) is 11.4. The maximum absolute atomic E-state index is 5.54. The Hall–Kier alpha value is -2.11. The fourth-order valence-corrected chi connectivity index (χ4v) is 1.32. The Morgan fingerprint density at radius 3 is 3.19 bits per heavy atom. The molecule has 0 bridgehead atoms. The minimum absolute atomic E-state index is 0.165. The molecule has 0 amide bonds. The number of aromatic nitrogens is 4. The Balaban J connectivity index is 2.15. The average Bonchev–Trinajstić information content (AvgIpc) is 2.72. The van der Waals surface area contributed by atoms with Crippen molar-refractivity contribution in [3.63, 3.8) is 0 Å². The fourth-order valence-electron chi connectivity index (χ4n) is 1.32. The standard InChI is InChI=1S/C10H13N5O/c1-2-3-4-5-16-9-7-8(13-6-12-7)14-10(11)15-9/h2,6H,1,3-5H2,(H3,11,12,13,14,15). The summed E-state index contributed by atoms with van der Waals surface area (Å²) in [5.74, 6) is 0.613. The molecule has 0 aliphatic heterocycles. The van der Waals surface area contributed by atoms with E-state index >= 15 is 0 Å². The first-order valence-electron chi connectivity index (χ1n) is 5.01. The number of hydrogen-bond acceptors (Lipinski definition) is 5. The second-order valence-electron chi connectivity index (χ2n) is 3.27. The van der Waals surface area contributed by atoms with E-state index in [1.165, 1.54) is 6.33 Å². The lowest BCUT2D eigenvalue weighted by Gasteiger charge is -2.05. The van der Waals surface area contributed by atoms with Crippen LogP contribution < -0.4 is 10.5 Å². The van der Waals surface area contributed by atoms with Crippen LogP contribution in [0, 0.1) is 0 Å². The van der Waals surface area contributed by atoms with Gasteiger partial charge < -0.3 is 15.5 Å². The summed E-state index contributed by atoms with van der Waals surface area (Å²) in [5.41, 5.74) is 6.74. The third-order valence-electron chi connectivity index (χ3n) is 2.06. The molecule has 0 unspecified atom stereocenters. The van der Waals surface area contributed by atoms with E-state index in [0.717, 1.165) is 12.8 Å². The zero-order valence-electron chi connectivity index (χ0n) is 8.81. The number of H-pyrrole nitrogens is 1. The summed E-state index contributed by atoms with van der Waals surface area (Å²) in [6, 6.07) is 0. The molecule has 0 atom stereocenters. The molecule has 0 radical (unpaired) electrons. The molecule has 3 N–H and O–H groups in total. The van der Waals surface area contributed by atoms with Crippen molar-refractivity contribution < 1.29 is 4.74 Å². The number of anilines is 1. The molecule has 84 valence electrons.